The van der Waals surface area contributed by atoms with Crippen LogP contribution in [0.4, 0.5) is 0 Å². The van der Waals surface area contributed by atoms with Crippen molar-refractivity contribution in [3.05, 3.63) is 89.6 Å². The number of hydrogen-bond acceptors (Lipinski definition) is 6. The van der Waals surface area contributed by atoms with Crippen LogP contribution < -0.4 is 10.1 Å². The summed E-state index contributed by atoms with van der Waals surface area (Å²) >= 11 is 0. The molecule has 0 radical (unpaired) electrons. The van der Waals surface area contributed by atoms with Gasteiger partial charge in [0.05, 0.1) is 16.5 Å². The first kappa shape index (κ1) is 24.4. The number of carbonyl (C=O) groups is 1. The zero-order valence-electron chi connectivity index (χ0n) is 19.1. The SMILES string of the molecule is N#Cc1ccc(S(=O)(=O)N2CCC(C(=O)NCc3ccnc(OCc4ccccc4)c3)CC2)cc1. The van der Waals surface area contributed by atoms with Crippen molar-refractivity contribution in [3.63, 3.8) is 0 Å². The fourth-order valence-corrected chi connectivity index (χ4v) is 5.38. The standard InChI is InChI=1S/C26H26N4O4S/c27-17-20-6-8-24(9-7-20)35(32,33)30-14-11-23(12-15-30)26(31)29-18-22-10-13-28-25(16-22)34-19-21-4-2-1-3-5-21/h1-10,13,16,23H,11-12,14-15,18-19H2,(H,29,31). The average molecular weight is 491 g/mol. The topological polar surface area (TPSA) is 112 Å². The van der Waals surface area contributed by atoms with Crippen molar-refractivity contribution in [2.24, 2.45) is 5.92 Å². The summed E-state index contributed by atoms with van der Waals surface area (Å²) in [5, 5.41) is 11.8. The van der Waals surface area contributed by atoms with Crippen molar-refractivity contribution in [2.45, 2.75) is 30.9 Å². The van der Waals surface area contributed by atoms with Gasteiger partial charge in [0, 0.05) is 37.8 Å². The molecule has 1 aliphatic heterocycles. The van der Waals surface area contributed by atoms with Gasteiger partial charge in [-0.05, 0) is 54.3 Å². The predicted molar refractivity (Wildman–Crippen MR) is 129 cm³/mol. The maximum Gasteiger partial charge on any atom is 0.243 e. The summed E-state index contributed by atoms with van der Waals surface area (Å²) < 4.78 is 32.9. The average Bonchev–Trinajstić information content (AvgIpc) is 2.91. The molecule has 2 heterocycles. The molecule has 180 valence electrons. The molecule has 0 atom stereocenters. The largest absolute Gasteiger partial charge is 0.473 e. The van der Waals surface area contributed by atoms with Crippen LogP contribution in [-0.2, 0) is 28.0 Å². The second kappa shape index (κ2) is 11.1. The van der Waals surface area contributed by atoms with Crippen LogP contribution in [0.2, 0.25) is 0 Å². The number of rotatable bonds is 8. The van der Waals surface area contributed by atoms with Crippen LogP contribution in [0, 0.1) is 17.2 Å². The Balaban J connectivity index is 1.26. The Morgan fingerprint density at radius 3 is 2.46 bits per heavy atom. The van der Waals surface area contributed by atoms with Crippen molar-refractivity contribution >= 4 is 15.9 Å². The number of benzene rings is 2. The molecule has 9 heteroatoms. The lowest BCUT2D eigenvalue weighted by atomic mass is 9.97. The molecule has 0 saturated carbocycles. The fraction of sp³-hybridized carbons (Fsp3) is 0.269. The normalized spacial score (nSPS) is 14.7. The molecule has 1 saturated heterocycles. The molecule has 3 aromatic rings. The van der Waals surface area contributed by atoms with Gasteiger partial charge >= 0.3 is 0 Å². The molecule has 1 N–H and O–H groups in total. The molecule has 1 aromatic heterocycles. The van der Waals surface area contributed by atoms with Gasteiger partial charge in [-0.2, -0.15) is 9.57 Å². The summed E-state index contributed by atoms with van der Waals surface area (Å²) in [6, 6.07) is 21.3. The van der Waals surface area contributed by atoms with Crippen LogP contribution in [-0.4, -0.2) is 36.7 Å². The Labute approximate surface area is 205 Å². The third-order valence-electron chi connectivity index (χ3n) is 5.94. The fourth-order valence-electron chi connectivity index (χ4n) is 3.91. The zero-order chi connectivity index (χ0) is 24.7. The number of aromatic nitrogens is 1. The van der Waals surface area contributed by atoms with E-state index >= 15 is 0 Å². The number of piperidine rings is 1. The maximum atomic E-state index is 12.9. The van der Waals surface area contributed by atoms with Gasteiger partial charge in [0.25, 0.3) is 0 Å². The summed E-state index contributed by atoms with van der Waals surface area (Å²) in [5.41, 5.74) is 2.32. The number of pyridine rings is 1. The van der Waals surface area contributed by atoms with E-state index < -0.39 is 10.0 Å². The number of amides is 1. The summed E-state index contributed by atoms with van der Waals surface area (Å²) in [6.07, 6.45) is 2.54. The number of nitrogens with zero attached hydrogens (tertiary/aromatic N) is 3. The highest BCUT2D eigenvalue weighted by molar-refractivity contribution is 7.89. The third kappa shape index (κ3) is 6.23. The minimum absolute atomic E-state index is 0.0935. The summed E-state index contributed by atoms with van der Waals surface area (Å²) in [4.78, 5) is 17.1. The smallest absolute Gasteiger partial charge is 0.243 e. The van der Waals surface area contributed by atoms with E-state index in [2.05, 4.69) is 10.3 Å². The van der Waals surface area contributed by atoms with E-state index in [0.29, 0.717) is 37.4 Å². The van der Waals surface area contributed by atoms with Gasteiger partial charge in [0.2, 0.25) is 21.8 Å². The first-order chi connectivity index (χ1) is 17.0. The number of sulfonamides is 1. The van der Waals surface area contributed by atoms with Crippen molar-refractivity contribution < 1.29 is 17.9 Å². The molecule has 1 fully saturated rings. The van der Waals surface area contributed by atoms with Gasteiger partial charge in [0.15, 0.2) is 0 Å². The highest BCUT2D eigenvalue weighted by atomic mass is 32.2. The van der Waals surface area contributed by atoms with Crippen molar-refractivity contribution in [2.75, 3.05) is 13.1 Å². The number of carbonyl (C=O) groups excluding carboxylic acids is 1. The van der Waals surface area contributed by atoms with Crippen LogP contribution in [0.1, 0.15) is 29.5 Å². The molecule has 0 bridgehead atoms. The molecule has 2 aromatic carbocycles. The lowest BCUT2D eigenvalue weighted by Crippen LogP contribution is -2.42. The Morgan fingerprint density at radius 2 is 1.77 bits per heavy atom. The minimum Gasteiger partial charge on any atom is -0.473 e. The molecular weight excluding hydrogens is 464 g/mol. The van der Waals surface area contributed by atoms with Crippen molar-refractivity contribution in [3.8, 4) is 11.9 Å². The molecule has 4 rings (SSSR count). The van der Waals surface area contributed by atoms with Gasteiger partial charge in [-0.25, -0.2) is 13.4 Å². The van der Waals surface area contributed by atoms with Gasteiger partial charge in [-0.1, -0.05) is 30.3 Å². The molecule has 8 nitrogen and oxygen atoms in total. The number of hydrogen-bond donors (Lipinski definition) is 1. The van der Waals surface area contributed by atoms with E-state index in [1.165, 1.54) is 28.6 Å². The lowest BCUT2D eigenvalue weighted by Gasteiger charge is -2.30. The summed E-state index contributed by atoms with van der Waals surface area (Å²) in [5.74, 6) is 0.143. The first-order valence-electron chi connectivity index (χ1n) is 11.4. The van der Waals surface area contributed by atoms with Gasteiger partial charge in [0.1, 0.15) is 6.61 Å². The molecular formula is C26H26N4O4S. The van der Waals surface area contributed by atoms with E-state index in [1.54, 1.807) is 12.3 Å². The molecule has 1 aliphatic rings. The van der Waals surface area contributed by atoms with E-state index in [4.69, 9.17) is 10.00 Å². The highest BCUT2D eigenvalue weighted by Gasteiger charge is 2.32. The quantitative estimate of drug-likeness (QED) is 0.519. The Kier molecular flexibility index (Phi) is 7.75. The van der Waals surface area contributed by atoms with Crippen molar-refractivity contribution in [1.82, 2.24) is 14.6 Å². The van der Waals surface area contributed by atoms with Gasteiger partial charge in [-0.15, -0.1) is 0 Å². The maximum absolute atomic E-state index is 12.9. The van der Waals surface area contributed by atoms with E-state index in [0.717, 1.165) is 11.1 Å². The molecule has 0 aliphatic carbocycles. The second-order valence-electron chi connectivity index (χ2n) is 8.31. The molecule has 0 unspecified atom stereocenters. The van der Waals surface area contributed by atoms with E-state index in [1.807, 2.05) is 42.5 Å². The monoisotopic (exact) mass is 490 g/mol. The molecule has 1 amide bonds. The number of nitriles is 1. The molecule has 0 spiro atoms. The van der Waals surface area contributed by atoms with Crippen LogP contribution >= 0.6 is 0 Å². The Morgan fingerprint density at radius 1 is 1.06 bits per heavy atom. The summed E-state index contributed by atoms with van der Waals surface area (Å²) in [6.45, 7) is 1.29. The van der Waals surface area contributed by atoms with Crippen molar-refractivity contribution in [1.29, 1.82) is 5.26 Å². The number of ether oxygens (including phenoxy) is 1. The van der Waals surface area contributed by atoms with Crippen LogP contribution in [0.25, 0.3) is 0 Å². The van der Waals surface area contributed by atoms with Gasteiger partial charge < -0.3 is 10.1 Å². The minimum atomic E-state index is -3.65. The Hall–Kier alpha value is -3.74. The predicted octanol–water partition coefficient (Wildman–Crippen LogP) is 3.25. The van der Waals surface area contributed by atoms with Crippen LogP contribution in [0.15, 0.2) is 77.8 Å². The second-order valence-corrected chi connectivity index (χ2v) is 10.2. The lowest BCUT2D eigenvalue weighted by molar-refractivity contribution is -0.126. The van der Waals surface area contributed by atoms with Gasteiger partial charge in [-0.3, -0.25) is 4.79 Å². The Bertz CT molecular complexity index is 1300. The summed E-state index contributed by atoms with van der Waals surface area (Å²) in [7, 11) is -3.65. The zero-order valence-corrected chi connectivity index (χ0v) is 19.9. The first-order valence-corrected chi connectivity index (χ1v) is 12.8. The van der Waals surface area contributed by atoms with Crippen LogP contribution in [0.5, 0.6) is 5.88 Å². The third-order valence-corrected chi connectivity index (χ3v) is 7.85. The van der Waals surface area contributed by atoms with Crippen LogP contribution in [0.3, 0.4) is 0 Å². The molecule has 35 heavy (non-hydrogen) atoms. The van der Waals surface area contributed by atoms with E-state index in [-0.39, 0.29) is 29.8 Å². The highest BCUT2D eigenvalue weighted by Crippen LogP contribution is 2.24. The van der Waals surface area contributed by atoms with E-state index in [9.17, 15) is 13.2 Å². The number of nitrogens with one attached hydrogen (secondary N) is 1.